The van der Waals surface area contributed by atoms with Crippen LogP contribution >= 0.6 is 0 Å². The third-order valence-electron chi connectivity index (χ3n) is 2.79. The summed E-state index contributed by atoms with van der Waals surface area (Å²) in [5.41, 5.74) is 0.589. The van der Waals surface area contributed by atoms with Crippen molar-refractivity contribution < 1.29 is 17.9 Å². The van der Waals surface area contributed by atoms with E-state index in [-0.39, 0.29) is 6.04 Å². The molecule has 0 fully saturated rings. The molecule has 1 aromatic carbocycles. The summed E-state index contributed by atoms with van der Waals surface area (Å²) in [7, 11) is 0. The van der Waals surface area contributed by atoms with Crippen LogP contribution in [0, 0.1) is 5.82 Å². The van der Waals surface area contributed by atoms with Crippen molar-refractivity contribution in [1.29, 1.82) is 0 Å². The highest BCUT2D eigenvalue weighted by Gasteiger charge is 2.12. The molecule has 2 nitrogen and oxygen atoms in total. The molecule has 1 aromatic rings. The highest BCUT2D eigenvalue weighted by atomic mass is 19.3. The SMILES string of the molecule is CCCC(CCC)Nc1ccc(OC(F)F)c(F)c1. The lowest BCUT2D eigenvalue weighted by molar-refractivity contribution is -0.0521. The van der Waals surface area contributed by atoms with Gasteiger partial charge in [-0.3, -0.25) is 0 Å². The predicted molar refractivity (Wildman–Crippen MR) is 70.3 cm³/mol. The third kappa shape index (κ3) is 5.41. The van der Waals surface area contributed by atoms with Gasteiger partial charge in [-0.25, -0.2) is 4.39 Å². The number of halogens is 3. The molecule has 0 aliphatic heterocycles. The monoisotopic (exact) mass is 275 g/mol. The van der Waals surface area contributed by atoms with Gasteiger partial charge in [0.05, 0.1) is 0 Å². The van der Waals surface area contributed by atoms with Crippen LogP contribution in [-0.4, -0.2) is 12.7 Å². The summed E-state index contributed by atoms with van der Waals surface area (Å²) in [6, 6.07) is 4.24. The largest absolute Gasteiger partial charge is 0.432 e. The fourth-order valence-corrected chi connectivity index (χ4v) is 2.00. The standard InChI is InChI=1S/C14H20F3NO/c1-3-5-10(6-4-2)18-11-7-8-13(12(15)9-11)19-14(16)17/h7-10,14,18H,3-6H2,1-2H3. The van der Waals surface area contributed by atoms with Gasteiger partial charge in [-0.05, 0) is 25.0 Å². The number of benzene rings is 1. The van der Waals surface area contributed by atoms with E-state index in [4.69, 9.17) is 0 Å². The Hall–Kier alpha value is -1.39. The van der Waals surface area contributed by atoms with Crippen LogP contribution in [0.5, 0.6) is 5.75 Å². The molecule has 0 saturated heterocycles. The summed E-state index contributed by atoms with van der Waals surface area (Å²) in [6.45, 7) is 1.16. The van der Waals surface area contributed by atoms with Crippen LogP contribution in [0.1, 0.15) is 39.5 Å². The molecule has 19 heavy (non-hydrogen) atoms. The number of hydrogen-bond donors (Lipinski definition) is 1. The van der Waals surface area contributed by atoms with Crippen molar-refractivity contribution in [2.24, 2.45) is 0 Å². The smallest absolute Gasteiger partial charge is 0.387 e. The minimum absolute atomic E-state index is 0.274. The van der Waals surface area contributed by atoms with Gasteiger partial charge < -0.3 is 10.1 Å². The Balaban J connectivity index is 2.70. The molecule has 0 spiro atoms. The van der Waals surface area contributed by atoms with E-state index in [0.29, 0.717) is 5.69 Å². The van der Waals surface area contributed by atoms with Crippen LogP contribution in [0.4, 0.5) is 18.9 Å². The number of alkyl halides is 2. The Bertz CT molecular complexity index is 379. The molecule has 1 rings (SSSR count). The van der Waals surface area contributed by atoms with Gasteiger partial charge in [0.2, 0.25) is 0 Å². The van der Waals surface area contributed by atoms with E-state index in [1.165, 1.54) is 12.1 Å². The quantitative estimate of drug-likeness (QED) is 0.735. The van der Waals surface area contributed by atoms with Gasteiger partial charge in [-0.1, -0.05) is 26.7 Å². The van der Waals surface area contributed by atoms with Crippen LogP contribution in [0.25, 0.3) is 0 Å². The zero-order valence-electron chi connectivity index (χ0n) is 11.3. The molecular formula is C14H20F3NO. The first-order valence-electron chi connectivity index (χ1n) is 6.57. The first-order valence-corrected chi connectivity index (χ1v) is 6.57. The van der Waals surface area contributed by atoms with E-state index in [1.807, 2.05) is 0 Å². The average Bonchev–Trinajstić information content (AvgIpc) is 2.33. The van der Waals surface area contributed by atoms with Crippen molar-refractivity contribution in [3.05, 3.63) is 24.0 Å². The number of anilines is 1. The Kier molecular flexibility index (Phi) is 6.53. The van der Waals surface area contributed by atoms with Crippen LogP contribution in [0.15, 0.2) is 18.2 Å². The van der Waals surface area contributed by atoms with E-state index < -0.39 is 18.2 Å². The van der Waals surface area contributed by atoms with Crippen molar-refractivity contribution in [2.75, 3.05) is 5.32 Å². The van der Waals surface area contributed by atoms with Crippen LogP contribution in [0.3, 0.4) is 0 Å². The molecule has 0 amide bonds. The highest BCUT2D eigenvalue weighted by molar-refractivity contribution is 5.48. The van der Waals surface area contributed by atoms with Gasteiger partial charge in [0.25, 0.3) is 0 Å². The summed E-state index contributed by atoms with van der Waals surface area (Å²) in [5.74, 6) is -1.21. The van der Waals surface area contributed by atoms with Crippen molar-refractivity contribution in [3.63, 3.8) is 0 Å². The van der Waals surface area contributed by atoms with E-state index >= 15 is 0 Å². The maximum Gasteiger partial charge on any atom is 0.387 e. The fourth-order valence-electron chi connectivity index (χ4n) is 2.00. The third-order valence-corrected chi connectivity index (χ3v) is 2.79. The lowest BCUT2D eigenvalue weighted by atomic mass is 10.1. The predicted octanol–water partition coefficient (Wildman–Crippen LogP) is 4.81. The Morgan fingerprint density at radius 2 is 1.79 bits per heavy atom. The number of rotatable bonds is 8. The van der Waals surface area contributed by atoms with E-state index in [9.17, 15) is 13.2 Å². The molecule has 5 heteroatoms. The molecule has 108 valence electrons. The van der Waals surface area contributed by atoms with E-state index in [1.54, 1.807) is 6.07 Å². The normalized spacial score (nSPS) is 11.1. The first kappa shape index (κ1) is 15.7. The molecule has 0 aliphatic carbocycles. The minimum atomic E-state index is -3.01. The van der Waals surface area contributed by atoms with Gasteiger partial charge in [0.15, 0.2) is 11.6 Å². The zero-order valence-corrected chi connectivity index (χ0v) is 11.3. The minimum Gasteiger partial charge on any atom is -0.432 e. The van der Waals surface area contributed by atoms with Crippen molar-refractivity contribution in [2.45, 2.75) is 52.2 Å². The molecule has 0 unspecified atom stereocenters. The Morgan fingerprint density at radius 1 is 1.16 bits per heavy atom. The van der Waals surface area contributed by atoms with E-state index in [0.717, 1.165) is 25.7 Å². The first-order chi connectivity index (χ1) is 9.06. The number of nitrogens with one attached hydrogen (secondary N) is 1. The second-order valence-corrected chi connectivity index (χ2v) is 4.44. The van der Waals surface area contributed by atoms with Gasteiger partial charge in [-0.2, -0.15) is 8.78 Å². The van der Waals surface area contributed by atoms with Gasteiger partial charge in [-0.15, -0.1) is 0 Å². The maximum absolute atomic E-state index is 13.5. The van der Waals surface area contributed by atoms with Crippen LogP contribution in [0.2, 0.25) is 0 Å². The molecule has 0 atom stereocenters. The summed E-state index contributed by atoms with van der Waals surface area (Å²) in [5, 5.41) is 3.22. The van der Waals surface area contributed by atoms with E-state index in [2.05, 4.69) is 23.9 Å². The fraction of sp³-hybridized carbons (Fsp3) is 0.571. The molecule has 0 heterocycles. The van der Waals surface area contributed by atoms with Crippen LogP contribution < -0.4 is 10.1 Å². The maximum atomic E-state index is 13.5. The highest BCUT2D eigenvalue weighted by Crippen LogP contribution is 2.24. The molecule has 0 bridgehead atoms. The molecule has 0 aliphatic rings. The summed E-state index contributed by atoms with van der Waals surface area (Å²) in [4.78, 5) is 0. The van der Waals surface area contributed by atoms with Crippen molar-refractivity contribution >= 4 is 5.69 Å². The summed E-state index contributed by atoms with van der Waals surface area (Å²) >= 11 is 0. The Labute approximate surface area is 112 Å². The molecular weight excluding hydrogens is 255 g/mol. The van der Waals surface area contributed by atoms with Crippen LogP contribution in [-0.2, 0) is 0 Å². The van der Waals surface area contributed by atoms with Gasteiger partial charge in [0.1, 0.15) is 0 Å². The average molecular weight is 275 g/mol. The van der Waals surface area contributed by atoms with Gasteiger partial charge >= 0.3 is 6.61 Å². The summed E-state index contributed by atoms with van der Waals surface area (Å²) < 4.78 is 41.6. The molecule has 0 aromatic heterocycles. The summed E-state index contributed by atoms with van der Waals surface area (Å²) in [6.07, 6.45) is 4.05. The molecule has 0 saturated carbocycles. The second kappa shape index (κ2) is 7.92. The lowest BCUT2D eigenvalue weighted by Crippen LogP contribution is -2.19. The zero-order chi connectivity index (χ0) is 14.3. The Morgan fingerprint density at radius 3 is 2.26 bits per heavy atom. The molecule has 0 radical (unpaired) electrons. The van der Waals surface area contributed by atoms with Gasteiger partial charge in [0, 0.05) is 17.8 Å². The topological polar surface area (TPSA) is 21.3 Å². The second-order valence-electron chi connectivity index (χ2n) is 4.44. The molecule has 1 N–H and O–H groups in total. The number of hydrogen-bond acceptors (Lipinski definition) is 2. The lowest BCUT2D eigenvalue weighted by Gasteiger charge is -2.19. The van der Waals surface area contributed by atoms with Crippen molar-refractivity contribution in [3.8, 4) is 5.75 Å². The number of ether oxygens (including phenoxy) is 1. The van der Waals surface area contributed by atoms with Crippen molar-refractivity contribution in [1.82, 2.24) is 0 Å².